The third-order valence-corrected chi connectivity index (χ3v) is 5.78. The predicted molar refractivity (Wildman–Crippen MR) is 121 cm³/mol. The van der Waals surface area contributed by atoms with E-state index in [9.17, 15) is 0 Å². The molecule has 3 nitrogen and oxygen atoms in total. The molecule has 0 radical (unpaired) electrons. The number of anilines is 2. The van der Waals surface area contributed by atoms with E-state index in [1.54, 1.807) is 0 Å². The molecule has 0 unspecified atom stereocenters. The van der Waals surface area contributed by atoms with Crippen LogP contribution in [0.25, 0.3) is 22.3 Å². The highest BCUT2D eigenvalue weighted by Gasteiger charge is 2.24. The summed E-state index contributed by atoms with van der Waals surface area (Å²) in [4.78, 5) is 12.5. The molecule has 0 saturated carbocycles. The van der Waals surface area contributed by atoms with E-state index < -0.39 is 0 Å². The van der Waals surface area contributed by atoms with Crippen LogP contribution in [0.15, 0.2) is 60.7 Å². The minimum Gasteiger partial charge on any atom is -0.324 e. The molecule has 0 aliphatic carbocycles. The fourth-order valence-corrected chi connectivity index (χ4v) is 4.23. The van der Waals surface area contributed by atoms with Gasteiger partial charge in [0.2, 0.25) is 0 Å². The van der Waals surface area contributed by atoms with Gasteiger partial charge in [0.05, 0.1) is 11.0 Å². The van der Waals surface area contributed by atoms with E-state index >= 15 is 0 Å². The Labute approximate surface area is 176 Å². The van der Waals surface area contributed by atoms with Gasteiger partial charge in [0, 0.05) is 22.8 Å². The Bertz CT molecular complexity index is 1210. The number of hydrogen-bond donors (Lipinski definition) is 0. The van der Waals surface area contributed by atoms with E-state index in [-0.39, 0.29) is 0 Å². The van der Waals surface area contributed by atoms with Crippen molar-refractivity contribution in [3.8, 4) is 11.3 Å². The van der Waals surface area contributed by atoms with Crippen LogP contribution in [0.1, 0.15) is 23.1 Å². The van der Waals surface area contributed by atoms with E-state index in [1.807, 2.05) is 6.07 Å². The fraction of sp³-hybridized carbons (Fsp3) is 0.200. The lowest BCUT2D eigenvalue weighted by atomic mass is 10.0. The van der Waals surface area contributed by atoms with Crippen LogP contribution in [-0.2, 0) is 6.42 Å². The number of hydrogen-bond acceptors (Lipinski definition) is 3. The Balaban J connectivity index is 1.76. The molecule has 0 spiro atoms. The number of benzene rings is 3. The molecule has 144 valence electrons. The van der Waals surface area contributed by atoms with Gasteiger partial charge in [-0.1, -0.05) is 47.5 Å². The fourth-order valence-electron chi connectivity index (χ4n) is 4.03. The summed E-state index contributed by atoms with van der Waals surface area (Å²) in [5.74, 6) is 0.912. The summed E-state index contributed by atoms with van der Waals surface area (Å²) in [6.45, 7) is 5.11. The van der Waals surface area contributed by atoms with Crippen molar-refractivity contribution in [1.29, 1.82) is 0 Å². The van der Waals surface area contributed by atoms with Gasteiger partial charge in [-0.15, -0.1) is 0 Å². The molecule has 4 aromatic rings. The highest BCUT2D eigenvalue weighted by Crippen LogP contribution is 2.39. The molecule has 2 heterocycles. The van der Waals surface area contributed by atoms with Crippen LogP contribution in [0.5, 0.6) is 0 Å². The van der Waals surface area contributed by atoms with Crippen molar-refractivity contribution in [2.24, 2.45) is 0 Å². The van der Waals surface area contributed by atoms with Gasteiger partial charge in [-0.3, -0.25) is 0 Å². The molecule has 1 aromatic heterocycles. The molecule has 0 amide bonds. The summed E-state index contributed by atoms with van der Waals surface area (Å²) in [5.41, 5.74) is 8.72. The van der Waals surface area contributed by atoms with Gasteiger partial charge in [-0.2, -0.15) is 0 Å². The molecular formula is C25H22ClN3. The summed E-state index contributed by atoms with van der Waals surface area (Å²) >= 11 is 6.26. The maximum atomic E-state index is 6.26. The zero-order chi connectivity index (χ0) is 20.0. The van der Waals surface area contributed by atoms with Gasteiger partial charge >= 0.3 is 0 Å². The summed E-state index contributed by atoms with van der Waals surface area (Å²) in [6, 6.07) is 20.9. The Hall–Kier alpha value is -2.91. The minimum atomic E-state index is 0.782. The highest BCUT2D eigenvalue weighted by atomic mass is 35.5. The maximum absolute atomic E-state index is 6.26. The lowest BCUT2D eigenvalue weighted by Crippen LogP contribution is -2.26. The van der Waals surface area contributed by atoms with Crippen LogP contribution in [-0.4, -0.2) is 16.5 Å². The van der Waals surface area contributed by atoms with E-state index in [4.69, 9.17) is 21.6 Å². The topological polar surface area (TPSA) is 29.0 Å². The van der Waals surface area contributed by atoms with Gasteiger partial charge in [0.1, 0.15) is 5.69 Å². The van der Waals surface area contributed by atoms with Crippen molar-refractivity contribution < 1.29 is 0 Å². The van der Waals surface area contributed by atoms with Crippen LogP contribution >= 0.6 is 11.6 Å². The summed E-state index contributed by atoms with van der Waals surface area (Å²) in [7, 11) is 0. The SMILES string of the molecule is Cc1ccc(-c2nc3ccc(C)cc3nc2N2CCCc3cc(Cl)ccc32)cc1. The van der Waals surface area contributed by atoms with Crippen molar-refractivity contribution in [2.45, 2.75) is 26.7 Å². The summed E-state index contributed by atoms with van der Waals surface area (Å²) in [6.07, 6.45) is 2.10. The summed E-state index contributed by atoms with van der Waals surface area (Å²) in [5, 5.41) is 0.782. The van der Waals surface area contributed by atoms with E-state index in [0.29, 0.717) is 0 Å². The normalized spacial score (nSPS) is 13.6. The van der Waals surface area contributed by atoms with E-state index in [2.05, 4.69) is 73.3 Å². The minimum absolute atomic E-state index is 0.782. The highest BCUT2D eigenvalue weighted by molar-refractivity contribution is 6.30. The monoisotopic (exact) mass is 399 g/mol. The van der Waals surface area contributed by atoms with Crippen LogP contribution in [0.3, 0.4) is 0 Å². The van der Waals surface area contributed by atoms with E-state index in [0.717, 1.165) is 52.5 Å². The van der Waals surface area contributed by atoms with Crippen molar-refractivity contribution in [1.82, 2.24) is 9.97 Å². The van der Waals surface area contributed by atoms with Gasteiger partial charge in [0.15, 0.2) is 5.82 Å². The quantitative estimate of drug-likeness (QED) is 0.377. The zero-order valence-corrected chi connectivity index (χ0v) is 17.4. The third kappa shape index (κ3) is 3.36. The maximum Gasteiger partial charge on any atom is 0.160 e. The Morgan fingerprint density at radius 2 is 1.62 bits per heavy atom. The molecule has 0 fully saturated rings. The van der Waals surface area contributed by atoms with Crippen LogP contribution in [0.4, 0.5) is 11.5 Å². The lowest BCUT2D eigenvalue weighted by Gasteiger charge is -2.31. The van der Waals surface area contributed by atoms with Crippen LogP contribution in [0, 0.1) is 13.8 Å². The second kappa shape index (κ2) is 7.16. The molecular weight excluding hydrogens is 378 g/mol. The molecule has 29 heavy (non-hydrogen) atoms. The first-order chi connectivity index (χ1) is 14.1. The van der Waals surface area contributed by atoms with Crippen LogP contribution < -0.4 is 4.90 Å². The molecule has 1 aliphatic rings. The second-order valence-corrected chi connectivity index (χ2v) is 8.22. The Morgan fingerprint density at radius 3 is 2.45 bits per heavy atom. The Morgan fingerprint density at radius 1 is 0.828 bits per heavy atom. The first-order valence-electron chi connectivity index (χ1n) is 10.00. The van der Waals surface area contributed by atoms with Crippen LogP contribution in [0.2, 0.25) is 5.02 Å². The van der Waals surface area contributed by atoms with Gasteiger partial charge in [-0.05, 0) is 68.1 Å². The molecule has 0 saturated heterocycles. The van der Waals surface area contributed by atoms with Crippen molar-refractivity contribution in [3.63, 3.8) is 0 Å². The van der Waals surface area contributed by atoms with Crippen molar-refractivity contribution in [3.05, 3.63) is 82.4 Å². The molecule has 0 atom stereocenters. The molecule has 0 N–H and O–H groups in total. The first kappa shape index (κ1) is 18.1. The number of halogens is 1. The average Bonchev–Trinajstić information content (AvgIpc) is 2.73. The molecule has 5 rings (SSSR count). The molecule has 1 aliphatic heterocycles. The number of fused-ring (bicyclic) bond motifs is 2. The summed E-state index contributed by atoms with van der Waals surface area (Å²) < 4.78 is 0. The number of nitrogens with zero attached hydrogens (tertiary/aromatic N) is 3. The average molecular weight is 400 g/mol. The first-order valence-corrected chi connectivity index (χ1v) is 10.4. The smallest absolute Gasteiger partial charge is 0.160 e. The second-order valence-electron chi connectivity index (χ2n) is 7.78. The van der Waals surface area contributed by atoms with Crippen molar-refractivity contribution in [2.75, 3.05) is 11.4 Å². The largest absolute Gasteiger partial charge is 0.324 e. The van der Waals surface area contributed by atoms with Gasteiger partial charge in [0.25, 0.3) is 0 Å². The molecule has 3 aromatic carbocycles. The van der Waals surface area contributed by atoms with Crippen molar-refractivity contribution >= 4 is 34.1 Å². The predicted octanol–water partition coefficient (Wildman–Crippen LogP) is 6.65. The molecule has 0 bridgehead atoms. The van der Waals surface area contributed by atoms with Gasteiger partial charge < -0.3 is 4.90 Å². The lowest BCUT2D eigenvalue weighted by molar-refractivity contribution is 0.760. The number of aromatic nitrogens is 2. The Kier molecular flexibility index (Phi) is 4.48. The standard InChI is InChI=1S/C25H22ClN3/c1-16-5-8-18(9-6-16)24-25(28-22-14-17(2)7-11-21(22)27-24)29-13-3-4-19-15-20(26)10-12-23(19)29/h5-12,14-15H,3-4,13H2,1-2H3. The third-order valence-electron chi connectivity index (χ3n) is 5.54. The number of aryl methyl sites for hydroxylation is 3. The van der Waals surface area contributed by atoms with Gasteiger partial charge in [-0.25, -0.2) is 9.97 Å². The zero-order valence-electron chi connectivity index (χ0n) is 16.6. The number of rotatable bonds is 2. The van der Waals surface area contributed by atoms with E-state index in [1.165, 1.54) is 22.4 Å². The molecule has 4 heteroatoms.